The summed E-state index contributed by atoms with van der Waals surface area (Å²) in [6.45, 7) is 3.15. The summed E-state index contributed by atoms with van der Waals surface area (Å²) in [4.78, 5) is 13.5. The second-order valence-corrected chi connectivity index (χ2v) is 4.28. The Bertz CT molecular complexity index is 408. The summed E-state index contributed by atoms with van der Waals surface area (Å²) in [5, 5.41) is 3.12. The van der Waals surface area contributed by atoms with Gasteiger partial charge in [0.1, 0.15) is 12.0 Å². The number of amides is 1. The molecular formula is C13H17FN2O. The largest absolute Gasteiger partial charge is 0.322 e. The Labute approximate surface area is 101 Å². The second-order valence-electron chi connectivity index (χ2n) is 4.28. The quantitative estimate of drug-likeness (QED) is 0.867. The second kappa shape index (κ2) is 5.27. The Morgan fingerprint density at radius 2 is 2.35 bits per heavy atom. The van der Waals surface area contributed by atoms with Crippen molar-refractivity contribution in [2.75, 3.05) is 13.1 Å². The van der Waals surface area contributed by atoms with Crippen LogP contribution in [0.1, 0.15) is 31.5 Å². The zero-order chi connectivity index (χ0) is 12.3. The molecule has 1 amide bonds. The van der Waals surface area contributed by atoms with Crippen LogP contribution in [0.4, 0.5) is 4.39 Å². The van der Waals surface area contributed by atoms with E-state index in [1.807, 2.05) is 6.07 Å². The number of hydrogen-bond acceptors (Lipinski definition) is 2. The van der Waals surface area contributed by atoms with Gasteiger partial charge in [0.15, 0.2) is 0 Å². The first kappa shape index (κ1) is 12.0. The molecule has 0 radical (unpaired) electrons. The highest BCUT2D eigenvalue weighted by molar-refractivity contribution is 5.80. The number of nitrogens with one attached hydrogen (secondary N) is 1. The van der Waals surface area contributed by atoms with Gasteiger partial charge < -0.3 is 4.90 Å². The van der Waals surface area contributed by atoms with Crippen molar-refractivity contribution in [1.82, 2.24) is 10.2 Å². The van der Waals surface area contributed by atoms with E-state index in [2.05, 4.69) is 12.2 Å². The van der Waals surface area contributed by atoms with Crippen molar-refractivity contribution in [1.29, 1.82) is 0 Å². The lowest BCUT2D eigenvalue weighted by molar-refractivity contribution is -0.128. The molecular weight excluding hydrogens is 219 g/mol. The maximum atomic E-state index is 13.2. The minimum atomic E-state index is -0.265. The SMILES string of the molecule is CCCCN1C(=O)CNC1c1cccc(F)c1. The molecule has 0 aliphatic carbocycles. The van der Waals surface area contributed by atoms with Crippen molar-refractivity contribution in [2.24, 2.45) is 0 Å². The highest BCUT2D eigenvalue weighted by Crippen LogP contribution is 2.23. The number of nitrogens with zero attached hydrogens (tertiary/aromatic N) is 1. The zero-order valence-electron chi connectivity index (χ0n) is 9.95. The maximum absolute atomic E-state index is 13.2. The molecule has 1 aliphatic rings. The summed E-state index contributed by atoms with van der Waals surface area (Å²) in [6.07, 6.45) is 1.84. The van der Waals surface area contributed by atoms with Gasteiger partial charge in [-0.15, -0.1) is 0 Å². The Kier molecular flexibility index (Phi) is 3.74. The molecule has 1 atom stereocenters. The number of halogens is 1. The summed E-state index contributed by atoms with van der Waals surface area (Å²) >= 11 is 0. The third-order valence-corrected chi connectivity index (χ3v) is 3.00. The van der Waals surface area contributed by atoms with Crippen molar-refractivity contribution in [3.05, 3.63) is 35.6 Å². The fraction of sp³-hybridized carbons (Fsp3) is 0.462. The van der Waals surface area contributed by atoms with E-state index in [-0.39, 0.29) is 17.9 Å². The number of rotatable bonds is 4. The van der Waals surface area contributed by atoms with Crippen LogP contribution < -0.4 is 5.32 Å². The van der Waals surface area contributed by atoms with Crippen LogP contribution in [0.5, 0.6) is 0 Å². The van der Waals surface area contributed by atoms with Gasteiger partial charge in [-0.05, 0) is 24.1 Å². The van der Waals surface area contributed by atoms with E-state index >= 15 is 0 Å². The fourth-order valence-electron chi connectivity index (χ4n) is 2.10. The van der Waals surface area contributed by atoms with E-state index in [4.69, 9.17) is 0 Å². The highest BCUT2D eigenvalue weighted by Gasteiger charge is 2.30. The lowest BCUT2D eigenvalue weighted by Gasteiger charge is -2.24. The molecule has 17 heavy (non-hydrogen) atoms. The molecule has 1 N–H and O–H groups in total. The summed E-state index contributed by atoms with van der Waals surface area (Å²) < 4.78 is 13.2. The molecule has 0 bridgehead atoms. The molecule has 2 rings (SSSR count). The molecule has 0 aromatic heterocycles. The lowest BCUT2D eigenvalue weighted by Crippen LogP contribution is -2.31. The third-order valence-electron chi connectivity index (χ3n) is 3.00. The Balaban J connectivity index is 2.16. The number of unbranched alkanes of at least 4 members (excludes halogenated alkanes) is 1. The van der Waals surface area contributed by atoms with Gasteiger partial charge in [-0.3, -0.25) is 10.1 Å². The molecule has 1 heterocycles. The molecule has 0 saturated carbocycles. The van der Waals surface area contributed by atoms with Gasteiger partial charge in [-0.1, -0.05) is 25.5 Å². The van der Waals surface area contributed by atoms with Gasteiger partial charge in [0, 0.05) is 6.54 Å². The lowest BCUT2D eigenvalue weighted by atomic mass is 10.1. The average Bonchev–Trinajstić information content (AvgIpc) is 2.68. The normalized spacial score (nSPS) is 20.0. The van der Waals surface area contributed by atoms with E-state index in [1.54, 1.807) is 11.0 Å². The predicted molar refractivity (Wildman–Crippen MR) is 63.8 cm³/mol. The smallest absolute Gasteiger partial charge is 0.238 e. The highest BCUT2D eigenvalue weighted by atomic mass is 19.1. The van der Waals surface area contributed by atoms with Gasteiger partial charge in [0.05, 0.1) is 6.54 Å². The first-order valence-electron chi connectivity index (χ1n) is 6.00. The van der Waals surface area contributed by atoms with Crippen LogP contribution in [0.15, 0.2) is 24.3 Å². The van der Waals surface area contributed by atoms with Gasteiger partial charge in [0.25, 0.3) is 0 Å². The van der Waals surface area contributed by atoms with E-state index < -0.39 is 0 Å². The summed E-state index contributed by atoms with van der Waals surface area (Å²) in [6, 6.07) is 6.41. The van der Waals surface area contributed by atoms with Crippen LogP contribution in [0, 0.1) is 5.82 Å². The van der Waals surface area contributed by atoms with Crippen LogP contribution in [-0.2, 0) is 4.79 Å². The van der Waals surface area contributed by atoms with Gasteiger partial charge >= 0.3 is 0 Å². The average molecular weight is 236 g/mol. The van der Waals surface area contributed by atoms with Crippen molar-refractivity contribution in [3.63, 3.8) is 0 Å². The third kappa shape index (κ3) is 2.64. The Morgan fingerprint density at radius 3 is 3.06 bits per heavy atom. The predicted octanol–water partition coefficient (Wildman–Crippen LogP) is 2.06. The molecule has 1 saturated heterocycles. The van der Waals surface area contributed by atoms with Crippen molar-refractivity contribution in [3.8, 4) is 0 Å². The molecule has 4 heteroatoms. The van der Waals surface area contributed by atoms with Crippen molar-refractivity contribution in [2.45, 2.75) is 25.9 Å². The van der Waals surface area contributed by atoms with E-state index in [1.165, 1.54) is 12.1 Å². The number of carbonyl (C=O) groups is 1. The fourth-order valence-corrected chi connectivity index (χ4v) is 2.10. The van der Waals surface area contributed by atoms with E-state index in [0.717, 1.165) is 24.9 Å². The summed E-state index contributed by atoms with van der Waals surface area (Å²) in [7, 11) is 0. The van der Waals surface area contributed by atoms with Crippen molar-refractivity contribution < 1.29 is 9.18 Å². The molecule has 1 fully saturated rings. The monoisotopic (exact) mass is 236 g/mol. The maximum Gasteiger partial charge on any atom is 0.238 e. The minimum absolute atomic E-state index is 0.0905. The number of benzene rings is 1. The van der Waals surface area contributed by atoms with Crippen LogP contribution in [0.3, 0.4) is 0 Å². The standard InChI is InChI=1S/C13H17FN2O/c1-2-3-7-16-12(17)9-15-13(16)10-5-4-6-11(14)8-10/h4-6,8,13,15H,2-3,7,9H2,1H3. The first-order chi connectivity index (χ1) is 8.22. The number of carbonyl (C=O) groups excluding carboxylic acids is 1. The summed E-state index contributed by atoms with van der Waals surface area (Å²) in [5.74, 6) is -0.174. The molecule has 1 aliphatic heterocycles. The minimum Gasteiger partial charge on any atom is -0.322 e. The molecule has 1 unspecified atom stereocenters. The van der Waals surface area contributed by atoms with Crippen molar-refractivity contribution >= 4 is 5.91 Å². The Morgan fingerprint density at radius 1 is 1.53 bits per heavy atom. The Hall–Kier alpha value is -1.42. The molecule has 92 valence electrons. The molecule has 1 aromatic carbocycles. The van der Waals surface area contributed by atoms with Crippen LogP contribution >= 0.6 is 0 Å². The molecule has 1 aromatic rings. The van der Waals surface area contributed by atoms with Gasteiger partial charge in [-0.2, -0.15) is 0 Å². The topological polar surface area (TPSA) is 32.3 Å². The first-order valence-corrected chi connectivity index (χ1v) is 6.00. The van der Waals surface area contributed by atoms with Crippen LogP contribution in [0.2, 0.25) is 0 Å². The van der Waals surface area contributed by atoms with E-state index in [9.17, 15) is 9.18 Å². The van der Waals surface area contributed by atoms with Gasteiger partial charge in [-0.25, -0.2) is 4.39 Å². The zero-order valence-corrected chi connectivity index (χ0v) is 9.95. The molecule has 0 spiro atoms. The number of hydrogen-bond donors (Lipinski definition) is 1. The van der Waals surface area contributed by atoms with E-state index in [0.29, 0.717) is 6.54 Å². The van der Waals surface area contributed by atoms with Crippen LogP contribution in [0.25, 0.3) is 0 Å². The van der Waals surface area contributed by atoms with Gasteiger partial charge in [0.2, 0.25) is 5.91 Å². The summed E-state index contributed by atoms with van der Waals surface area (Å²) in [5.41, 5.74) is 0.812. The molecule has 3 nitrogen and oxygen atoms in total. The van der Waals surface area contributed by atoms with Crippen LogP contribution in [-0.4, -0.2) is 23.9 Å².